The Labute approximate surface area is 207 Å². The highest BCUT2D eigenvalue weighted by Crippen LogP contribution is 2.41. The molecule has 0 spiro atoms. The van der Waals surface area contributed by atoms with Crippen LogP contribution in [-0.4, -0.2) is 49.9 Å². The molecule has 6 rings (SSSR count). The zero-order chi connectivity index (χ0) is 24.5. The molecule has 2 aromatic rings. The number of rotatable bonds is 2. The van der Waals surface area contributed by atoms with Gasteiger partial charge >= 0.3 is 0 Å². The molecule has 0 saturated carbocycles. The molecular formula is C29H34N4O2. The highest BCUT2D eigenvalue weighted by Gasteiger charge is 2.35. The minimum Gasteiger partial charge on any atom is -0.388 e. The summed E-state index contributed by atoms with van der Waals surface area (Å²) in [6.07, 6.45) is 4.29. The van der Waals surface area contributed by atoms with E-state index in [9.17, 15) is 9.59 Å². The molecule has 2 fully saturated rings. The third-order valence-electron chi connectivity index (χ3n) is 7.38. The van der Waals surface area contributed by atoms with E-state index in [4.69, 9.17) is 0 Å². The third kappa shape index (κ3) is 3.91. The van der Waals surface area contributed by atoms with Gasteiger partial charge in [-0.25, -0.2) is 0 Å². The molecule has 1 N–H and O–H groups in total. The Bertz CT molecular complexity index is 1220. The number of para-hydroxylation sites is 2. The van der Waals surface area contributed by atoms with E-state index in [0.717, 1.165) is 91.2 Å². The number of anilines is 2. The molecule has 0 unspecified atom stereocenters. The van der Waals surface area contributed by atoms with Crippen LogP contribution in [-0.2, 0) is 9.59 Å². The predicted molar refractivity (Wildman–Crippen MR) is 142 cm³/mol. The Morgan fingerprint density at radius 1 is 0.771 bits per heavy atom. The highest BCUT2D eigenvalue weighted by atomic mass is 16.2. The topological polar surface area (TPSA) is 55.9 Å². The fraction of sp³-hybridized carbons (Fsp3) is 0.379. The van der Waals surface area contributed by atoms with Crippen molar-refractivity contribution in [2.45, 2.75) is 39.5 Å². The molecule has 6 nitrogen and oxygen atoms in total. The van der Waals surface area contributed by atoms with Gasteiger partial charge in [-0.2, -0.15) is 0 Å². The Morgan fingerprint density at radius 3 is 1.86 bits per heavy atom. The van der Waals surface area contributed by atoms with Gasteiger partial charge in [0.1, 0.15) is 0 Å². The maximum absolute atomic E-state index is 12.6. The summed E-state index contributed by atoms with van der Waals surface area (Å²) in [5, 5.41) is 3.35. The minimum absolute atomic E-state index is 0.151. The number of carbonyl (C=O) groups excluding carboxylic acids is 2. The zero-order valence-corrected chi connectivity index (χ0v) is 20.9. The van der Waals surface area contributed by atoms with Crippen LogP contribution >= 0.6 is 0 Å². The van der Waals surface area contributed by atoms with E-state index in [1.54, 1.807) is 0 Å². The van der Waals surface area contributed by atoms with Gasteiger partial charge in [0.2, 0.25) is 0 Å². The number of nitrogens with one attached hydrogen (secondary N) is 1. The number of carbonyl (C=O) groups is 2. The summed E-state index contributed by atoms with van der Waals surface area (Å²) in [6, 6.07) is 16.2. The molecule has 35 heavy (non-hydrogen) atoms. The number of likely N-dealkylation sites (tertiary alicyclic amines) is 1. The Hall–Kier alpha value is -3.54. The summed E-state index contributed by atoms with van der Waals surface area (Å²) < 4.78 is 0. The van der Waals surface area contributed by atoms with Crippen LogP contribution in [0.1, 0.15) is 50.7 Å². The number of amides is 2. The Kier molecular flexibility index (Phi) is 6.37. The summed E-state index contributed by atoms with van der Waals surface area (Å²) in [6.45, 7) is 7.55. The predicted octanol–water partition coefficient (Wildman–Crippen LogP) is 4.64. The summed E-state index contributed by atoms with van der Waals surface area (Å²) in [5.41, 5.74) is 8.45. The fourth-order valence-corrected chi connectivity index (χ4v) is 5.69. The van der Waals surface area contributed by atoms with E-state index in [0.29, 0.717) is 0 Å². The average Bonchev–Trinajstić information content (AvgIpc) is 3.64. The zero-order valence-electron chi connectivity index (χ0n) is 20.9. The van der Waals surface area contributed by atoms with E-state index < -0.39 is 0 Å². The van der Waals surface area contributed by atoms with E-state index >= 15 is 0 Å². The number of nitrogens with zero attached hydrogens (tertiary/aromatic N) is 3. The fourth-order valence-electron chi connectivity index (χ4n) is 5.69. The number of hydrogen-bond acceptors (Lipinski definition) is 4. The highest BCUT2D eigenvalue weighted by molar-refractivity contribution is 6.33. The van der Waals surface area contributed by atoms with Crippen molar-refractivity contribution in [3.8, 4) is 0 Å². The second-order valence-corrected chi connectivity index (χ2v) is 9.36. The summed E-state index contributed by atoms with van der Waals surface area (Å²) in [4.78, 5) is 30.9. The van der Waals surface area contributed by atoms with Gasteiger partial charge in [0.05, 0.1) is 22.5 Å². The first kappa shape index (κ1) is 23.2. The second kappa shape index (κ2) is 9.61. The molecule has 2 amide bonds. The van der Waals surface area contributed by atoms with Crippen molar-refractivity contribution in [2.75, 3.05) is 43.0 Å². The first-order chi connectivity index (χ1) is 17.1. The summed E-state index contributed by atoms with van der Waals surface area (Å²) >= 11 is 0. The van der Waals surface area contributed by atoms with Crippen molar-refractivity contribution >= 4 is 34.3 Å². The minimum atomic E-state index is 0.151. The molecule has 2 saturated heterocycles. The molecule has 182 valence electrons. The van der Waals surface area contributed by atoms with Crippen molar-refractivity contribution in [1.82, 2.24) is 10.2 Å². The van der Waals surface area contributed by atoms with E-state index in [1.165, 1.54) is 5.70 Å². The van der Waals surface area contributed by atoms with Crippen molar-refractivity contribution in [2.24, 2.45) is 0 Å². The standard InChI is InChI=1S/C15H18N2O.C14H16N2O/c1-3-17-12-8-5-4-7-11(12)14(15(17)18)13-9-6-10-16(13)2;1-2-16-12-8-4-3-6-10(12)13(14(16)17)11-7-5-9-15-11/h4-5,7-8H,3,6,9-10H2,1-2H3;3-4,6,8,15H,2,5,7,9H2,1H3/b14-13+;13-11+. The van der Waals surface area contributed by atoms with Crippen LogP contribution in [0.25, 0.3) is 11.1 Å². The van der Waals surface area contributed by atoms with Gasteiger partial charge in [-0.1, -0.05) is 36.4 Å². The quantitative estimate of drug-likeness (QED) is 0.650. The third-order valence-corrected chi connectivity index (χ3v) is 7.38. The lowest BCUT2D eigenvalue weighted by molar-refractivity contribution is -0.113. The summed E-state index contributed by atoms with van der Waals surface area (Å²) in [7, 11) is 2.08. The van der Waals surface area contributed by atoms with Crippen molar-refractivity contribution in [1.29, 1.82) is 0 Å². The molecule has 2 aromatic carbocycles. The van der Waals surface area contributed by atoms with Gasteiger partial charge in [-0.05, 0) is 51.7 Å². The molecule has 0 atom stereocenters. The SMILES string of the molecule is CCN1C(=O)/C(=C2\CCCN2)c2ccccc21.CCN1C(=O)/C(=C2\CCCN2C)c2ccccc21. The largest absolute Gasteiger partial charge is 0.388 e. The molecular weight excluding hydrogens is 436 g/mol. The van der Waals surface area contributed by atoms with Gasteiger partial charge < -0.3 is 20.0 Å². The monoisotopic (exact) mass is 470 g/mol. The van der Waals surface area contributed by atoms with Crippen molar-refractivity contribution in [3.63, 3.8) is 0 Å². The van der Waals surface area contributed by atoms with Crippen LogP contribution < -0.4 is 15.1 Å². The number of fused-ring (bicyclic) bond motifs is 2. The first-order valence-electron chi connectivity index (χ1n) is 12.8. The number of likely N-dealkylation sites (N-methyl/N-ethyl adjacent to an activating group) is 2. The van der Waals surface area contributed by atoms with E-state index in [2.05, 4.69) is 23.3 Å². The van der Waals surface area contributed by atoms with E-state index in [1.807, 2.05) is 66.1 Å². The number of allylic oxidation sites excluding steroid dienone is 2. The van der Waals surface area contributed by atoms with Gasteiger partial charge in [0.15, 0.2) is 0 Å². The maximum Gasteiger partial charge on any atom is 0.260 e. The van der Waals surface area contributed by atoms with Gasteiger partial charge in [0.25, 0.3) is 11.8 Å². The average molecular weight is 471 g/mol. The number of benzene rings is 2. The molecule has 6 heteroatoms. The van der Waals surface area contributed by atoms with Crippen LogP contribution in [0.4, 0.5) is 11.4 Å². The van der Waals surface area contributed by atoms with Gasteiger partial charge in [-0.3, -0.25) is 9.59 Å². The lowest BCUT2D eigenvalue weighted by atomic mass is 10.0. The second-order valence-electron chi connectivity index (χ2n) is 9.36. The molecule has 0 radical (unpaired) electrons. The van der Waals surface area contributed by atoms with E-state index in [-0.39, 0.29) is 11.8 Å². The molecule has 0 aliphatic carbocycles. The lowest BCUT2D eigenvalue weighted by Gasteiger charge is -2.16. The van der Waals surface area contributed by atoms with Crippen LogP contribution in [0.5, 0.6) is 0 Å². The van der Waals surface area contributed by atoms with Crippen LogP contribution in [0.2, 0.25) is 0 Å². The summed E-state index contributed by atoms with van der Waals surface area (Å²) in [5.74, 6) is 0.320. The number of hydrogen-bond donors (Lipinski definition) is 1. The molecule has 4 aliphatic rings. The van der Waals surface area contributed by atoms with Crippen molar-refractivity contribution in [3.05, 3.63) is 71.1 Å². The first-order valence-corrected chi connectivity index (χ1v) is 12.8. The maximum atomic E-state index is 12.6. The molecule has 0 bridgehead atoms. The Morgan fingerprint density at radius 2 is 1.34 bits per heavy atom. The normalized spacial score (nSPS) is 22.9. The molecule has 0 aromatic heterocycles. The van der Waals surface area contributed by atoms with Gasteiger partial charge in [0, 0.05) is 55.7 Å². The van der Waals surface area contributed by atoms with Crippen LogP contribution in [0, 0.1) is 0 Å². The van der Waals surface area contributed by atoms with Gasteiger partial charge in [-0.15, -0.1) is 0 Å². The lowest BCUT2D eigenvalue weighted by Crippen LogP contribution is -2.26. The molecule has 4 heterocycles. The smallest absolute Gasteiger partial charge is 0.260 e. The van der Waals surface area contributed by atoms with Crippen LogP contribution in [0.15, 0.2) is 59.9 Å². The molecule has 4 aliphatic heterocycles. The van der Waals surface area contributed by atoms with Crippen molar-refractivity contribution < 1.29 is 9.59 Å². The van der Waals surface area contributed by atoms with Crippen LogP contribution in [0.3, 0.4) is 0 Å². The Balaban J connectivity index is 0.000000145.